The lowest BCUT2D eigenvalue weighted by Gasteiger charge is -2.30. The van der Waals surface area contributed by atoms with Gasteiger partial charge in [0.25, 0.3) is 0 Å². The minimum Gasteiger partial charge on any atom is -0.376 e. The molecule has 2 rings (SSSR count). The predicted octanol–water partition coefficient (Wildman–Crippen LogP) is 1.00. The normalized spacial score (nSPS) is 21.1. The summed E-state index contributed by atoms with van der Waals surface area (Å²) in [6.07, 6.45) is -0.144. The summed E-state index contributed by atoms with van der Waals surface area (Å²) in [5.74, 6) is -0.443. The highest BCUT2D eigenvalue weighted by atomic mass is 32.2. The number of hydrogen-bond donors (Lipinski definition) is 1. The van der Waals surface area contributed by atoms with Crippen molar-refractivity contribution >= 4 is 10.0 Å². The molecule has 1 aromatic carbocycles. The van der Waals surface area contributed by atoms with E-state index in [0.717, 1.165) is 0 Å². The van der Waals surface area contributed by atoms with E-state index in [1.54, 1.807) is 0 Å². The minimum atomic E-state index is -3.64. The Morgan fingerprint density at radius 1 is 1.50 bits per heavy atom. The highest BCUT2D eigenvalue weighted by Gasteiger charge is 2.30. The molecule has 7 heteroatoms. The number of aryl methyl sites for hydroxylation is 1. The summed E-state index contributed by atoms with van der Waals surface area (Å²) in [5, 5.41) is 0. The van der Waals surface area contributed by atoms with Crippen LogP contribution in [0, 0.1) is 12.7 Å². The van der Waals surface area contributed by atoms with Gasteiger partial charge in [-0.25, -0.2) is 12.8 Å². The number of nitrogens with zero attached hydrogens (tertiary/aromatic N) is 1. The summed E-state index contributed by atoms with van der Waals surface area (Å²) >= 11 is 0. The zero-order valence-corrected chi connectivity index (χ0v) is 12.4. The van der Waals surface area contributed by atoms with E-state index < -0.39 is 15.8 Å². The Morgan fingerprint density at radius 3 is 2.80 bits per heavy atom. The number of halogens is 1. The van der Waals surface area contributed by atoms with Crippen LogP contribution in [-0.4, -0.2) is 38.5 Å². The van der Waals surface area contributed by atoms with Gasteiger partial charge in [0, 0.05) is 25.2 Å². The van der Waals surface area contributed by atoms with Crippen molar-refractivity contribution in [3.8, 4) is 0 Å². The van der Waals surface area contributed by atoms with Crippen LogP contribution in [0.1, 0.15) is 18.1 Å². The first-order valence-electron chi connectivity index (χ1n) is 6.47. The fraction of sp³-hybridized carbons (Fsp3) is 0.538. The van der Waals surface area contributed by atoms with Gasteiger partial charge in [-0.15, -0.1) is 0 Å². The Bertz CT molecular complexity index is 604. The quantitative estimate of drug-likeness (QED) is 0.904. The van der Waals surface area contributed by atoms with Crippen molar-refractivity contribution in [1.82, 2.24) is 4.31 Å². The van der Waals surface area contributed by atoms with E-state index in [2.05, 4.69) is 0 Å². The van der Waals surface area contributed by atoms with Gasteiger partial charge in [-0.3, -0.25) is 0 Å². The highest BCUT2D eigenvalue weighted by Crippen LogP contribution is 2.23. The molecule has 1 aliphatic rings. The van der Waals surface area contributed by atoms with Crippen molar-refractivity contribution in [3.63, 3.8) is 0 Å². The number of benzene rings is 1. The van der Waals surface area contributed by atoms with Crippen LogP contribution in [0.25, 0.3) is 0 Å². The van der Waals surface area contributed by atoms with Crippen LogP contribution in [0.2, 0.25) is 0 Å². The van der Waals surface area contributed by atoms with E-state index in [1.165, 1.54) is 23.4 Å². The number of rotatable bonds is 3. The molecule has 1 fully saturated rings. The van der Waals surface area contributed by atoms with Crippen LogP contribution in [0.4, 0.5) is 4.39 Å². The first-order chi connectivity index (χ1) is 9.36. The molecule has 0 radical (unpaired) electrons. The van der Waals surface area contributed by atoms with E-state index in [0.29, 0.717) is 19.7 Å². The summed E-state index contributed by atoms with van der Waals surface area (Å²) < 4.78 is 45.6. The Hall–Kier alpha value is -1.02. The minimum absolute atomic E-state index is 0.0322. The molecular formula is C13H19FN2O3S. The fourth-order valence-corrected chi connectivity index (χ4v) is 3.89. The standard InChI is InChI=1S/C13H19FN2O3S/c1-9-5-12(6-11(7-15)13(9)14)20(17,18)16-3-4-19-10(2)8-16/h5-6,10H,3-4,7-8,15H2,1-2H3. The monoisotopic (exact) mass is 302 g/mol. The maximum Gasteiger partial charge on any atom is 0.243 e. The maximum absolute atomic E-state index is 13.8. The van der Waals surface area contributed by atoms with Crippen LogP contribution >= 0.6 is 0 Å². The second-order valence-corrected chi connectivity index (χ2v) is 6.90. The number of morpholine rings is 1. The van der Waals surface area contributed by atoms with E-state index in [9.17, 15) is 12.8 Å². The first-order valence-corrected chi connectivity index (χ1v) is 7.91. The van der Waals surface area contributed by atoms with E-state index in [-0.39, 0.29) is 28.7 Å². The Morgan fingerprint density at radius 2 is 2.20 bits per heavy atom. The van der Waals surface area contributed by atoms with E-state index in [4.69, 9.17) is 10.5 Å². The molecule has 1 aliphatic heterocycles. The highest BCUT2D eigenvalue weighted by molar-refractivity contribution is 7.89. The molecule has 1 heterocycles. The summed E-state index contributed by atoms with van der Waals surface area (Å²) in [5.41, 5.74) is 5.96. The second-order valence-electron chi connectivity index (χ2n) is 4.96. The third-order valence-corrected chi connectivity index (χ3v) is 5.21. The third kappa shape index (κ3) is 2.85. The van der Waals surface area contributed by atoms with Crippen molar-refractivity contribution in [2.45, 2.75) is 31.4 Å². The summed E-state index contributed by atoms with van der Waals surface area (Å²) in [4.78, 5) is 0.0888. The molecule has 1 aromatic rings. The summed E-state index contributed by atoms with van der Waals surface area (Å²) in [6, 6.07) is 2.67. The molecule has 0 spiro atoms. The molecule has 5 nitrogen and oxygen atoms in total. The molecule has 112 valence electrons. The van der Waals surface area contributed by atoms with Crippen molar-refractivity contribution in [2.24, 2.45) is 5.73 Å². The lowest BCUT2D eigenvalue weighted by molar-refractivity contribution is 0.0102. The summed E-state index contributed by atoms with van der Waals surface area (Å²) in [7, 11) is -3.64. The topological polar surface area (TPSA) is 72.6 Å². The average Bonchev–Trinajstić information content (AvgIpc) is 2.41. The predicted molar refractivity (Wildman–Crippen MR) is 73.2 cm³/mol. The van der Waals surface area contributed by atoms with Gasteiger partial charge in [0.05, 0.1) is 17.6 Å². The average molecular weight is 302 g/mol. The van der Waals surface area contributed by atoms with Crippen molar-refractivity contribution in [1.29, 1.82) is 0 Å². The molecule has 1 atom stereocenters. The first kappa shape index (κ1) is 15.4. The van der Waals surface area contributed by atoms with Gasteiger partial charge in [0.2, 0.25) is 10.0 Å². The number of nitrogens with two attached hydrogens (primary N) is 1. The molecule has 0 aromatic heterocycles. The Kier molecular flexibility index (Phi) is 4.43. The largest absolute Gasteiger partial charge is 0.376 e. The molecule has 0 aliphatic carbocycles. The Labute approximate surface area is 118 Å². The van der Waals surface area contributed by atoms with Crippen molar-refractivity contribution in [3.05, 3.63) is 29.1 Å². The lowest BCUT2D eigenvalue weighted by Crippen LogP contribution is -2.44. The number of hydrogen-bond acceptors (Lipinski definition) is 4. The van der Waals surface area contributed by atoms with Gasteiger partial charge in [-0.1, -0.05) is 0 Å². The SMILES string of the molecule is Cc1cc(S(=O)(=O)N2CCOC(C)C2)cc(CN)c1F. The van der Waals surface area contributed by atoms with Crippen LogP contribution in [0.3, 0.4) is 0 Å². The Balaban J connectivity index is 2.41. The molecule has 0 saturated carbocycles. The van der Waals surface area contributed by atoms with Gasteiger partial charge in [-0.05, 0) is 31.5 Å². The zero-order chi connectivity index (χ0) is 14.9. The maximum atomic E-state index is 13.8. The van der Waals surface area contributed by atoms with Gasteiger partial charge in [0.1, 0.15) is 5.82 Å². The molecule has 1 saturated heterocycles. The molecule has 0 amide bonds. The lowest BCUT2D eigenvalue weighted by atomic mass is 10.1. The van der Waals surface area contributed by atoms with Gasteiger partial charge < -0.3 is 10.5 Å². The van der Waals surface area contributed by atoms with Crippen LogP contribution in [0.15, 0.2) is 17.0 Å². The van der Waals surface area contributed by atoms with Gasteiger partial charge in [0.15, 0.2) is 0 Å². The van der Waals surface area contributed by atoms with E-state index >= 15 is 0 Å². The molecule has 2 N–H and O–H groups in total. The summed E-state index contributed by atoms with van der Waals surface area (Å²) in [6.45, 7) is 4.30. The fourth-order valence-electron chi connectivity index (χ4n) is 2.26. The van der Waals surface area contributed by atoms with Crippen molar-refractivity contribution in [2.75, 3.05) is 19.7 Å². The van der Waals surface area contributed by atoms with Crippen LogP contribution in [0.5, 0.6) is 0 Å². The van der Waals surface area contributed by atoms with Crippen LogP contribution in [-0.2, 0) is 21.3 Å². The molecular weight excluding hydrogens is 283 g/mol. The smallest absolute Gasteiger partial charge is 0.243 e. The zero-order valence-electron chi connectivity index (χ0n) is 11.6. The van der Waals surface area contributed by atoms with E-state index in [1.807, 2.05) is 6.92 Å². The van der Waals surface area contributed by atoms with Crippen molar-refractivity contribution < 1.29 is 17.5 Å². The molecule has 0 bridgehead atoms. The van der Waals surface area contributed by atoms with Gasteiger partial charge in [-0.2, -0.15) is 4.31 Å². The van der Waals surface area contributed by atoms with Gasteiger partial charge >= 0.3 is 0 Å². The van der Waals surface area contributed by atoms with Crippen LogP contribution < -0.4 is 5.73 Å². The number of sulfonamides is 1. The third-order valence-electron chi connectivity index (χ3n) is 3.36. The number of ether oxygens (including phenoxy) is 1. The second kappa shape index (κ2) is 5.77. The molecule has 20 heavy (non-hydrogen) atoms. The molecule has 1 unspecified atom stereocenters.